The molecule has 1 atom stereocenters. The second-order valence-electron chi connectivity index (χ2n) is 5.67. The zero-order valence-corrected chi connectivity index (χ0v) is 15.5. The Morgan fingerprint density at radius 3 is 2.57 bits per heavy atom. The van der Waals surface area contributed by atoms with Gasteiger partial charge in [0.25, 0.3) is 0 Å². The zero-order valence-electron chi connectivity index (χ0n) is 13.8. The van der Waals surface area contributed by atoms with Gasteiger partial charge in [0.15, 0.2) is 5.78 Å². The molecule has 1 aromatic heterocycles. The molecule has 21 heavy (non-hydrogen) atoms. The molecule has 0 aliphatic carbocycles. The van der Waals surface area contributed by atoms with E-state index < -0.39 is 0 Å². The molecule has 0 aliphatic heterocycles. The summed E-state index contributed by atoms with van der Waals surface area (Å²) >= 11 is 3.70. The van der Waals surface area contributed by atoms with E-state index in [1.165, 1.54) is 49.2 Å². The Kier molecular flexibility index (Phi) is 10.1. The predicted octanol–water partition coefficient (Wildman–Crippen LogP) is 6.96. The van der Waals surface area contributed by atoms with Crippen molar-refractivity contribution in [1.82, 2.24) is 0 Å². The predicted molar refractivity (Wildman–Crippen MR) is 96.9 cm³/mol. The summed E-state index contributed by atoms with van der Waals surface area (Å²) in [4.78, 5) is 12.2. The molecule has 0 N–H and O–H groups in total. The molecule has 120 valence electrons. The first-order valence-electron chi connectivity index (χ1n) is 8.50. The molecule has 1 aromatic rings. The number of carbonyl (C=O) groups excluding carboxylic acids is 1. The van der Waals surface area contributed by atoms with Gasteiger partial charge in [-0.2, -0.15) is 0 Å². The Morgan fingerprint density at radius 1 is 1.10 bits per heavy atom. The highest BCUT2D eigenvalue weighted by atomic mass is 32.2. The molecule has 0 saturated heterocycles. The Morgan fingerprint density at radius 2 is 1.90 bits per heavy atom. The number of hydrogen-bond donors (Lipinski definition) is 0. The monoisotopic (exact) mass is 326 g/mol. The normalized spacial score (nSPS) is 12.5. The van der Waals surface area contributed by atoms with Gasteiger partial charge < -0.3 is 0 Å². The summed E-state index contributed by atoms with van der Waals surface area (Å²) in [7, 11) is 0. The summed E-state index contributed by atoms with van der Waals surface area (Å²) in [6, 6.07) is 2.02. The number of hydrogen-bond acceptors (Lipinski definition) is 3. The smallest absolute Gasteiger partial charge is 0.164 e. The molecule has 0 amide bonds. The van der Waals surface area contributed by atoms with Crippen molar-refractivity contribution >= 4 is 28.9 Å². The molecule has 0 fully saturated rings. The molecule has 0 bridgehead atoms. The molecule has 1 unspecified atom stereocenters. The second-order valence-corrected chi connectivity index (χ2v) is 8.16. The minimum Gasteiger partial charge on any atom is -0.294 e. The molecule has 1 nitrogen and oxygen atoms in total. The SMILES string of the molecule is CCCCCCC(CCC)Sc1sccc1C(=O)CCC. The summed E-state index contributed by atoms with van der Waals surface area (Å²) < 4.78 is 1.25. The van der Waals surface area contributed by atoms with Crippen molar-refractivity contribution in [3.05, 3.63) is 17.0 Å². The third-order valence-corrected chi connectivity index (χ3v) is 6.19. The summed E-state index contributed by atoms with van der Waals surface area (Å²) in [5.41, 5.74) is 0.974. The summed E-state index contributed by atoms with van der Waals surface area (Å²) in [6.07, 6.45) is 10.7. The molecule has 3 heteroatoms. The minimum atomic E-state index is 0.322. The lowest BCUT2D eigenvalue weighted by atomic mass is 10.1. The van der Waals surface area contributed by atoms with Crippen LogP contribution in [0, 0.1) is 0 Å². The van der Waals surface area contributed by atoms with Crippen molar-refractivity contribution in [1.29, 1.82) is 0 Å². The number of Topliss-reactive ketones (excluding diaryl/α,β-unsaturated/α-hetero) is 1. The van der Waals surface area contributed by atoms with Gasteiger partial charge in [0.1, 0.15) is 0 Å². The molecule has 0 radical (unpaired) electrons. The van der Waals surface area contributed by atoms with Crippen LogP contribution in [0.4, 0.5) is 0 Å². The van der Waals surface area contributed by atoms with E-state index in [0.29, 0.717) is 17.5 Å². The van der Waals surface area contributed by atoms with Crippen LogP contribution < -0.4 is 0 Å². The molecule has 0 spiro atoms. The highest BCUT2D eigenvalue weighted by molar-refractivity contribution is 8.01. The van der Waals surface area contributed by atoms with Crippen molar-refractivity contribution < 1.29 is 4.79 Å². The van der Waals surface area contributed by atoms with Crippen LogP contribution in [0.3, 0.4) is 0 Å². The Balaban J connectivity index is 2.58. The molecular formula is C18H30OS2. The number of thiophene rings is 1. The van der Waals surface area contributed by atoms with Crippen LogP contribution in [0.25, 0.3) is 0 Å². The first-order chi connectivity index (χ1) is 10.2. The maximum Gasteiger partial charge on any atom is 0.164 e. The molecule has 0 saturated carbocycles. The van der Waals surface area contributed by atoms with E-state index in [1.54, 1.807) is 11.3 Å². The van der Waals surface area contributed by atoms with Crippen LogP contribution in [0.2, 0.25) is 0 Å². The van der Waals surface area contributed by atoms with E-state index in [2.05, 4.69) is 26.2 Å². The lowest BCUT2D eigenvalue weighted by molar-refractivity contribution is 0.0979. The molecule has 1 heterocycles. The quantitative estimate of drug-likeness (QED) is 0.234. The third kappa shape index (κ3) is 7.01. The van der Waals surface area contributed by atoms with Gasteiger partial charge in [-0.3, -0.25) is 4.79 Å². The van der Waals surface area contributed by atoms with E-state index in [9.17, 15) is 4.79 Å². The van der Waals surface area contributed by atoms with E-state index in [0.717, 1.165) is 12.0 Å². The van der Waals surface area contributed by atoms with E-state index in [1.807, 2.05) is 17.8 Å². The van der Waals surface area contributed by atoms with E-state index >= 15 is 0 Å². The maximum atomic E-state index is 12.2. The fourth-order valence-electron chi connectivity index (χ4n) is 2.49. The zero-order chi connectivity index (χ0) is 15.5. The van der Waals surface area contributed by atoms with Gasteiger partial charge >= 0.3 is 0 Å². The average Bonchev–Trinajstić information content (AvgIpc) is 2.92. The maximum absolute atomic E-state index is 12.2. The van der Waals surface area contributed by atoms with Gasteiger partial charge in [-0.25, -0.2) is 0 Å². The first-order valence-corrected chi connectivity index (χ1v) is 10.3. The van der Waals surface area contributed by atoms with Gasteiger partial charge in [-0.15, -0.1) is 23.1 Å². The number of thioether (sulfide) groups is 1. The van der Waals surface area contributed by atoms with Gasteiger partial charge in [0.05, 0.1) is 4.21 Å². The Bertz CT molecular complexity index is 398. The molecule has 0 aromatic carbocycles. The Labute approximate surface area is 138 Å². The van der Waals surface area contributed by atoms with Crippen LogP contribution in [0.15, 0.2) is 15.7 Å². The van der Waals surface area contributed by atoms with Crippen LogP contribution in [0.1, 0.15) is 88.9 Å². The number of ketones is 1. The number of carbonyl (C=O) groups is 1. The van der Waals surface area contributed by atoms with Crippen LogP contribution in [0.5, 0.6) is 0 Å². The summed E-state index contributed by atoms with van der Waals surface area (Å²) in [5.74, 6) is 0.322. The number of unbranched alkanes of at least 4 members (excludes halogenated alkanes) is 3. The van der Waals surface area contributed by atoms with Gasteiger partial charge in [0.2, 0.25) is 0 Å². The standard InChI is InChI=1S/C18H30OS2/c1-4-7-8-9-12-15(10-5-2)21-18-16(13-14-20-18)17(19)11-6-3/h13-15H,4-12H2,1-3H3. The van der Waals surface area contributed by atoms with Crippen LogP contribution >= 0.6 is 23.1 Å². The lowest BCUT2D eigenvalue weighted by Gasteiger charge is -2.15. The highest BCUT2D eigenvalue weighted by Crippen LogP contribution is 2.36. The number of rotatable bonds is 12. The van der Waals surface area contributed by atoms with Crippen molar-refractivity contribution in [3.8, 4) is 0 Å². The van der Waals surface area contributed by atoms with Crippen molar-refractivity contribution in [2.75, 3.05) is 0 Å². The summed E-state index contributed by atoms with van der Waals surface area (Å²) in [6.45, 7) is 6.59. The van der Waals surface area contributed by atoms with Crippen molar-refractivity contribution in [3.63, 3.8) is 0 Å². The topological polar surface area (TPSA) is 17.1 Å². The third-order valence-electron chi connectivity index (χ3n) is 3.67. The van der Waals surface area contributed by atoms with Gasteiger partial charge in [0, 0.05) is 17.2 Å². The molecular weight excluding hydrogens is 296 g/mol. The molecule has 0 aliphatic rings. The minimum absolute atomic E-state index is 0.322. The molecule has 1 rings (SSSR count). The Hall–Kier alpha value is -0.280. The average molecular weight is 327 g/mol. The first kappa shape index (κ1) is 18.8. The second kappa shape index (κ2) is 11.3. The lowest BCUT2D eigenvalue weighted by Crippen LogP contribution is -2.04. The fraction of sp³-hybridized carbons (Fsp3) is 0.722. The van der Waals surface area contributed by atoms with Gasteiger partial charge in [-0.05, 0) is 30.7 Å². The van der Waals surface area contributed by atoms with Crippen molar-refractivity contribution in [2.45, 2.75) is 88.0 Å². The largest absolute Gasteiger partial charge is 0.294 e. The van der Waals surface area contributed by atoms with E-state index in [-0.39, 0.29) is 0 Å². The summed E-state index contributed by atoms with van der Waals surface area (Å²) in [5, 5.41) is 2.75. The van der Waals surface area contributed by atoms with Crippen LogP contribution in [-0.2, 0) is 0 Å². The van der Waals surface area contributed by atoms with Gasteiger partial charge in [-0.1, -0.05) is 52.9 Å². The van der Waals surface area contributed by atoms with Crippen molar-refractivity contribution in [2.24, 2.45) is 0 Å². The highest BCUT2D eigenvalue weighted by Gasteiger charge is 2.17. The van der Waals surface area contributed by atoms with E-state index in [4.69, 9.17) is 0 Å². The fourth-order valence-corrected chi connectivity index (χ4v) is 5.17. The van der Waals surface area contributed by atoms with Crippen LogP contribution in [-0.4, -0.2) is 11.0 Å².